The third-order valence-electron chi connectivity index (χ3n) is 4.09. The maximum Gasteiger partial charge on any atom is 0.0781 e. The van der Waals surface area contributed by atoms with E-state index in [1.807, 2.05) is 55.4 Å². The summed E-state index contributed by atoms with van der Waals surface area (Å²) < 4.78 is 39.7. The lowest BCUT2D eigenvalue weighted by atomic mass is 10.3. The van der Waals surface area contributed by atoms with Gasteiger partial charge in [0.05, 0.1) is 76.3 Å². The lowest BCUT2D eigenvalue weighted by molar-refractivity contribution is -0.104. The molecule has 0 saturated heterocycles. The number of hydrogen-bond acceptors (Lipinski definition) is 7. The summed E-state index contributed by atoms with van der Waals surface area (Å²) in [5, 5.41) is 0. The van der Waals surface area contributed by atoms with Crippen LogP contribution in [0.15, 0.2) is 0 Å². The van der Waals surface area contributed by atoms with Crippen LogP contribution < -0.4 is 0 Å². The Morgan fingerprint density at radius 3 is 0.931 bits per heavy atom. The average Bonchev–Trinajstić information content (AvgIpc) is 2.70. The van der Waals surface area contributed by atoms with Crippen molar-refractivity contribution in [3.05, 3.63) is 0 Å². The van der Waals surface area contributed by atoms with Crippen molar-refractivity contribution in [1.29, 1.82) is 0 Å². The lowest BCUT2D eigenvalue weighted by Crippen LogP contribution is -2.29. The molecule has 0 rings (SSSR count). The van der Waals surface area contributed by atoms with Crippen LogP contribution in [0.2, 0.25) is 0 Å². The van der Waals surface area contributed by atoms with Gasteiger partial charge in [0.15, 0.2) is 0 Å². The van der Waals surface area contributed by atoms with Crippen LogP contribution in [0.3, 0.4) is 0 Å². The van der Waals surface area contributed by atoms with Gasteiger partial charge in [-0.15, -0.1) is 0 Å². The second kappa shape index (κ2) is 18.5. The van der Waals surface area contributed by atoms with Crippen LogP contribution >= 0.6 is 0 Å². The van der Waals surface area contributed by atoms with Gasteiger partial charge in [-0.2, -0.15) is 0 Å². The van der Waals surface area contributed by atoms with E-state index in [0.29, 0.717) is 52.9 Å². The molecule has 0 aliphatic carbocycles. The van der Waals surface area contributed by atoms with Crippen LogP contribution in [0, 0.1) is 0 Å². The van der Waals surface area contributed by atoms with E-state index in [1.54, 1.807) is 0 Å². The Bertz CT molecular complexity index is 356. The first-order chi connectivity index (χ1) is 13.8. The van der Waals surface area contributed by atoms with Gasteiger partial charge in [0.1, 0.15) is 0 Å². The van der Waals surface area contributed by atoms with Crippen molar-refractivity contribution in [3.8, 4) is 0 Å². The van der Waals surface area contributed by atoms with Crippen molar-refractivity contribution in [1.82, 2.24) is 0 Å². The van der Waals surface area contributed by atoms with Gasteiger partial charge >= 0.3 is 0 Å². The molecule has 0 aliphatic rings. The van der Waals surface area contributed by atoms with Gasteiger partial charge in [0, 0.05) is 13.2 Å². The normalized spacial score (nSPS) is 18.2. The van der Waals surface area contributed by atoms with Crippen molar-refractivity contribution in [2.45, 2.75) is 92.0 Å². The molecule has 0 amide bonds. The zero-order valence-corrected chi connectivity index (χ0v) is 20.0. The van der Waals surface area contributed by atoms with Crippen LogP contribution in [-0.2, 0) is 33.2 Å². The largest absolute Gasteiger partial charge is 0.379 e. The van der Waals surface area contributed by atoms with E-state index >= 15 is 0 Å². The first-order valence-electron chi connectivity index (χ1n) is 11.1. The second-order valence-corrected chi connectivity index (χ2v) is 7.65. The molecule has 0 bridgehead atoms. The zero-order valence-electron chi connectivity index (χ0n) is 20.0. The molecule has 0 aromatic heterocycles. The minimum Gasteiger partial charge on any atom is -0.379 e. The van der Waals surface area contributed by atoms with E-state index in [2.05, 4.69) is 0 Å². The fourth-order valence-corrected chi connectivity index (χ4v) is 2.36. The zero-order chi connectivity index (χ0) is 22.1. The summed E-state index contributed by atoms with van der Waals surface area (Å²) in [7, 11) is 0. The molecular formula is C22H46O7. The molecule has 0 aliphatic heterocycles. The monoisotopic (exact) mass is 422 g/mol. The summed E-state index contributed by atoms with van der Waals surface area (Å²) in [5.74, 6) is 0. The maximum atomic E-state index is 5.82. The highest BCUT2D eigenvalue weighted by Crippen LogP contribution is 2.04. The standard InChI is InChI=1S/C22H46O7/c1-9-23-11-17(3)25-13-19(5)27-15-21(7)29-16-22(8)28-14-20(6)26-12-18(4)24-10-2/h17-22H,9-16H2,1-8H3. The molecule has 0 radical (unpaired) electrons. The summed E-state index contributed by atoms with van der Waals surface area (Å²) in [6, 6.07) is 0. The first kappa shape index (κ1) is 28.7. The molecule has 7 heteroatoms. The summed E-state index contributed by atoms with van der Waals surface area (Å²) in [6.45, 7) is 20.7. The van der Waals surface area contributed by atoms with Gasteiger partial charge in [0.2, 0.25) is 0 Å². The van der Waals surface area contributed by atoms with Crippen molar-refractivity contribution < 1.29 is 33.2 Å². The van der Waals surface area contributed by atoms with Crippen molar-refractivity contribution >= 4 is 0 Å². The molecule has 0 fully saturated rings. The summed E-state index contributed by atoms with van der Waals surface area (Å²) >= 11 is 0. The molecule has 0 spiro atoms. The van der Waals surface area contributed by atoms with E-state index in [9.17, 15) is 0 Å². The Morgan fingerprint density at radius 2 is 0.655 bits per heavy atom. The van der Waals surface area contributed by atoms with E-state index in [1.165, 1.54) is 0 Å². The summed E-state index contributed by atoms with van der Waals surface area (Å²) in [6.07, 6.45) is 0.187. The summed E-state index contributed by atoms with van der Waals surface area (Å²) in [4.78, 5) is 0. The number of rotatable bonds is 20. The molecule has 0 aromatic rings. The van der Waals surface area contributed by atoms with Crippen LogP contribution in [-0.4, -0.2) is 89.5 Å². The average molecular weight is 423 g/mol. The van der Waals surface area contributed by atoms with Crippen LogP contribution in [0.5, 0.6) is 0 Å². The first-order valence-corrected chi connectivity index (χ1v) is 11.1. The maximum absolute atomic E-state index is 5.82. The van der Waals surface area contributed by atoms with Gasteiger partial charge in [-0.1, -0.05) is 0 Å². The Hall–Kier alpha value is -0.280. The highest BCUT2D eigenvalue weighted by Gasteiger charge is 2.13. The van der Waals surface area contributed by atoms with E-state index < -0.39 is 0 Å². The van der Waals surface area contributed by atoms with Crippen LogP contribution in [0.4, 0.5) is 0 Å². The predicted molar refractivity (Wildman–Crippen MR) is 115 cm³/mol. The molecule has 0 saturated carbocycles. The van der Waals surface area contributed by atoms with Gasteiger partial charge in [-0.25, -0.2) is 0 Å². The van der Waals surface area contributed by atoms with Crippen LogP contribution in [0.25, 0.3) is 0 Å². The Kier molecular flexibility index (Phi) is 18.3. The Morgan fingerprint density at radius 1 is 0.379 bits per heavy atom. The van der Waals surface area contributed by atoms with Gasteiger partial charge < -0.3 is 33.2 Å². The van der Waals surface area contributed by atoms with Gasteiger partial charge in [0.25, 0.3) is 0 Å². The molecular weight excluding hydrogens is 376 g/mol. The van der Waals surface area contributed by atoms with E-state index in [4.69, 9.17) is 33.2 Å². The molecule has 7 nitrogen and oxygen atoms in total. The molecule has 0 heterocycles. The van der Waals surface area contributed by atoms with Crippen molar-refractivity contribution in [2.75, 3.05) is 52.9 Å². The second-order valence-electron chi connectivity index (χ2n) is 7.65. The SMILES string of the molecule is CCOCC(C)OCC(C)OCC(C)OCC(C)OCC(C)OCC(C)OCC. The molecule has 0 N–H and O–H groups in total. The highest BCUT2D eigenvalue weighted by molar-refractivity contribution is 4.58. The smallest absolute Gasteiger partial charge is 0.0781 e. The molecule has 176 valence electrons. The summed E-state index contributed by atoms with van der Waals surface area (Å²) in [5.41, 5.74) is 0. The Balaban J connectivity index is 3.75. The fraction of sp³-hybridized carbons (Fsp3) is 1.00. The van der Waals surface area contributed by atoms with Gasteiger partial charge in [-0.05, 0) is 55.4 Å². The molecule has 6 atom stereocenters. The van der Waals surface area contributed by atoms with Crippen molar-refractivity contribution in [2.24, 2.45) is 0 Å². The fourth-order valence-electron chi connectivity index (χ4n) is 2.36. The van der Waals surface area contributed by atoms with Gasteiger partial charge in [-0.3, -0.25) is 0 Å². The topological polar surface area (TPSA) is 64.6 Å². The quantitative estimate of drug-likeness (QED) is 0.298. The minimum absolute atomic E-state index is 0.00649. The third-order valence-corrected chi connectivity index (χ3v) is 4.09. The Labute approximate surface area is 178 Å². The highest BCUT2D eigenvalue weighted by atomic mass is 16.6. The molecule has 29 heavy (non-hydrogen) atoms. The van der Waals surface area contributed by atoms with E-state index in [-0.39, 0.29) is 36.6 Å². The van der Waals surface area contributed by atoms with E-state index in [0.717, 1.165) is 0 Å². The predicted octanol–water partition coefficient (Wildman–Crippen LogP) is 3.47. The minimum atomic E-state index is -0.00920. The van der Waals surface area contributed by atoms with Crippen molar-refractivity contribution in [3.63, 3.8) is 0 Å². The third kappa shape index (κ3) is 18.2. The van der Waals surface area contributed by atoms with Crippen LogP contribution in [0.1, 0.15) is 55.4 Å². The molecule has 0 aromatic carbocycles. The molecule has 6 unspecified atom stereocenters. The number of hydrogen-bond donors (Lipinski definition) is 0. The number of ether oxygens (including phenoxy) is 7. The lowest BCUT2D eigenvalue weighted by Gasteiger charge is -2.22.